The van der Waals surface area contributed by atoms with Crippen LogP contribution in [-0.4, -0.2) is 54.6 Å². The van der Waals surface area contributed by atoms with Gasteiger partial charge in [-0.2, -0.15) is 0 Å². The van der Waals surface area contributed by atoms with Gasteiger partial charge < -0.3 is 20.1 Å². The second-order valence-corrected chi connectivity index (χ2v) is 4.17. The Kier molecular flexibility index (Phi) is 3.61. The van der Waals surface area contributed by atoms with E-state index >= 15 is 0 Å². The number of nitrogens with one attached hydrogen (secondary N) is 2. The first-order valence-electron chi connectivity index (χ1n) is 5.79. The fraction of sp³-hybridized carbons (Fsp3) is 0.545. The zero-order valence-electron chi connectivity index (χ0n) is 10.4. The molecule has 1 aliphatic rings. The van der Waals surface area contributed by atoms with E-state index in [0.717, 1.165) is 0 Å². The highest BCUT2D eigenvalue weighted by Crippen LogP contribution is 2.13. The molecule has 1 aromatic heterocycles. The molecule has 2 amide bonds. The lowest BCUT2D eigenvalue weighted by Crippen LogP contribution is -2.59. The van der Waals surface area contributed by atoms with Gasteiger partial charge in [-0.05, 0) is 6.92 Å². The third kappa shape index (κ3) is 2.21. The fourth-order valence-corrected chi connectivity index (χ4v) is 1.98. The number of rotatable bonds is 2. The second kappa shape index (κ2) is 5.18. The highest BCUT2D eigenvalue weighted by molar-refractivity contribution is 5.96. The summed E-state index contributed by atoms with van der Waals surface area (Å²) in [7, 11) is 1.55. The zero-order chi connectivity index (χ0) is 13.1. The molecule has 2 rings (SSSR count). The molecule has 2 heterocycles. The maximum absolute atomic E-state index is 12.3. The van der Waals surface area contributed by atoms with Crippen molar-refractivity contribution in [1.29, 1.82) is 0 Å². The molecule has 0 saturated carbocycles. The number of piperazine rings is 1. The highest BCUT2D eigenvalue weighted by Gasteiger charge is 2.34. The summed E-state index contributed by atoms with van der Waals surface area (Å²) in [5.74, 6) is -0.279. The van der Waals surface area contributed by atoms with E-state index in [1.165, 1.54) is 11.1 Å². The Morgan fingerprint density at radius 3 is 3.00 bits per heavy atom. The third-order valence-corrected chi connectivity index (χ3v) is 3.00. The molecular formula is C11H16N4O3. The molecule has 0 aliphatic carbocycles. The maximum Gasteiger partial charge on any atom is 0.293 e. The zero-order valence-corrected chi connectivity index (χ0v) is 10.4. The second-order valence-electron chi connectivity index (χ2n) is 4.17. The lowest BCUT2D eigenvalue weighted by Gasteiger charge is -2.34. The van der Waals surface area contributed by atoms with Gasteiger partial charge in [0.1, 0.15) is 6.04 Å². The Bertz CT molecular complexity index is 457. The average Bonchev–Trinajstić information content (AvgIpc) is 2.83. The number of aromatic nitrogens is 1. The van der Waals surface area contributed by atoms with Crippen LogP contribution in [0.1, 0.15) is 16.1 Å². The van der Waals surface area contributed by atoms with Crippen LogP contribution in [0.15, 0.2) is 10.7 Å². The molecule has 1 aromatic rings. The van der Waals surface area contributed by atoms with Gasteiger partial charge in [-0.3, -0.25) is 9.59 Å². The van der Waals surface area contributed by atoms with Crippen molar-refractivity contribution in [3.8, 4) is 0 Å². The van der Waals surface area contributed by atoms with E-state index in [4.69, 9.17) is 4.52 Å². The van der Waals surface area contributed by atoms with E-state index in [2.05, 4.69) is 15.8 Å². The summed E-state index contributed by atoms with van der Waals surface area (Å²) >= 11 is 0. The van der Waals surface area contributed by atoms with Gasteiger partial charge in [-0.1, -0.05) is 5.16 Å². The van der Waals surface area contributed by atoms with E-state index < -0.39 is 6.04 Å². The average molecular weight is 252 g/mol. The van der Waals surface area contributed by atoms with E-state index in [9.17, 15) is 9.59 Å². The molecule has 1 atom stereocenters. The van der Waals surface area contributed by atoms with Crippen molar-refractivity contribution in [2.24, 2.45) is 0 Å². The highest BCUT2D eigenvalue weighted by atomic mass is 16.5. The summed E-state index contributed by atoms with van der Waals surface area (Å²) in [5.41, 5.74) is 0.675. The van der Waals surface area contributed by atoms with Crippen molar-refractivity contribution < 1.29 is 14.1 Å². The van der Waals surface area contributed by atoms with Crippen LogP contribution in [0.3, 0.4) is 0 Å². The number of nitrogens with zero attached hydrogens (tertiary/aromatic N) is 2. The molecule has 0 spiro atoms. The lowest BCUT2D eigenvalue weighted by molar-refractivity contribution is -0.125. The van der Waals surface area contributed by atoms with Gasteiger partial charge in [0.05, 0.1) is 6.20 Å². The minimum atomic E-state index is -0.513. The first-order valence-corrected chi connectivity index (χ1v) is 5.79. The van der Waals surface area contributed by atoms with E-state index in [1.54, 1.807) is 14.0 Å². The van der Waals surface area contributed by atoms with Crippen LogP contribution >= 0.6 is 0 Å². The topological polar surface area (TPSA) is 87.5 Å². The van der Waals surface area contributed by atoms with Crippen LogP contribution in [0.5, 0.6) is 0 Å². The van der Waals surface area contributed by atoms with Gasteiger partial charge >= 0.3 is 0 Å². The number of carbonyl (C=O) groups is 2. The fourth-order valence-electron chi connectivity index (χ4n) is 1.98. The van der Waals surface area contributed by atoms with Crippen molar-refractivity contribution >= 4 is 11.8 Å². The minimum Gasteiger partial charge on any atom is -0.357 e. The van der Waals surface area contributed by atoms with Crippen LogP contribution in [0.4, 0.5) is 0 Å². The molecule has 0 aromatic carbocycles. The minimum absolute atomic E-state index is 0.187. The standard InChI is InChI=1S/C11H16N4O3/c1-7-5-14-18-9(7)11(17)15-4-3-13-6-8(15)10(16)12-2/h5,8,13H,3-4,6H2,1-2H3,(H,12,16). The molecule has 7 heteroatoms. The first-order chi connectivity index (χ1) is 8.65. The quantitative estimate of drug-likeness (QED) is 0.715. The Morgan fingerprint density at radius 2 is 2.39 bits per heavy atom. The number of hydrogen-bond acceptors (Lipinski definition) is 5. The van der Waals surface area contributed by atoms with Crippen molar-refractivity contribution in [2.45, 2.75) is 13.0 Å². The smallest absolute Gasteiger partial charge is 0.293 e. The Morgan fingerprint density at radius 1 is 1.61 bits per heavy atom. The van der Waals surface area contributed by atoms with E-state index in [0.29, 0.717) is 25.2 Å². The summed E-state index contributed by atoms with van der Waals surface area (Å²) in [4.78, 5) is 25.6. The maximum atomic E-state index is 12.3. The summed E-state index contributed by atoms with van der Waals surface area (Å²) < 4.78 is 4.95. The van der Waals surface area contributed by atoms with Gasteiger partial charge in [0, 0.05) is 32.2 Å². The molecule has 1 saturated heterocycles. The number of likely N-dealkylation sites (N-methyl/N-ethyl adjacent to an activating group) is 1. The van der Waals surface area contributed by atoms with Crippen LogP contribution in [-0.2, 0) is 4.79 Å². The molecule has 1 fully saturated rings. The Hall–Kier alpha value is -1.89. The van der Waals surface area contributed by atoms with Crippen LogP contribution in [0.2, 0.25) is 0 Å². The van der Waals surface area contributed by atoms with Gasteiger partial charge in [0.15, 0.2) is 0 Å². The number of amides is 2. The molecule has 1 unspecified atom stereocenters. The third-order valence-electron chi connectivity index (χ3n) is 3.00. The first kappa shape index (κ1) is 12.6. The van der Waals surface area contributed by atoms with E-state index in [-0.39, 0.29) is 17.6 Å². The normalized spacial score (nSPS) is 19.7. The Labute approximate surface area is 104 Å². The molecule has 7 nitrogen and oxygen atoms in total. The summed E-state index contributed by atoms with van der Waals surface area (Å²) in [6.45, 7) is 3.32. The summed E-state index contributed by atoms with van der Waals surface area (Å²) in [6.07, 6.45) is 1.49. The predicted octanol–water partition coefficient (Wildman–Crippen LogP) is -0.857. The van der Waals surface area contributed by atoms with Crippen molar-refractivity contribution in [1.82, 2.24) is 20.7 Å². The van der Waals surface area contributed by atoms with Crippen LogP contribution in [0, 0.1) is 6.92 Å². The Balaban J connectivity index is 2.21. The van der Waals surface area contributed by atoms with Gasteiger partial charge in [-0.25, -0.2) is 0 Å². The van der Waals surface area contributed by atoms with Crippen molar-refractivity contribution in [3.63, 3.8) is 0 Å². The molecule has 98 valence electrons. The van der Waals surface area contributed by atoms with E-state index in [1.807, 2.05) is 0 Å². The molecule has 0 bridgehead atoms. The number of carbonyl (C=O) groups excluding carboxylic acids is 2. The number of hydrogen-bond donors (Lipinski definition) is 2. The largest absolute Gasteiger partial charge is 0.357 e. The van der Waals surface area contributed by atoms with Gasteiger partial charge in [-0.15, -0.1) is 0 Å². The molecular weight excluding hydrogens is 236 g/mol. The monoisotopic (exact) mass is 252 g/mol. The van der Waals surface area contributed by atoms with Crippen molar-refractivity contribution in [2.75, 3.05) is 26.7 Å². The molecule has 2 N–H and O–H groups in total. The van der Waals surface area contributed by atoms with Crippen LogP contribution in [0.25, 0.3) is 0 Å². The number of aryl methyl sites for hydroxylation is 1. The van der Waals surface area contributed by atoms with Gasteiger partial charge in [0.25, 0.3) is 5.91 Å². The van der Waals surface area contributed by atoms with Gasteiger partial charge in [0.2, 0.25) is 11.7 Å². The predicted molar refractivity (Wildman–Crippen MR) is 63.0 cm³/mol. The SMILES string of the molecule is CNC(=O)C1CNCCN1C(=O)c1oncc1C. The lowest BCUT2D eigenvalue weighted by atomic mass is 10.1. The van der Waals surface area contributed by atoms with Crippen LogP contribution < -0.4 is 10.6 Å². The van der Waals surface area contributed by atoms with Crippen molar-refractivity contribution in [3.05, 3.63) is 17.5 Å². The summed E-state index contributed by atoms with van der Waals surface area (Å²) in [6, 6.07) is -0.513. The molecule has 0 radical (unpaired) electrons. The molecule has 18 heavy (non-hydrogen) atoms. The summed E-state index contributed by atoms with van der Waals surface area (Å²) in [5, 5.41) is 9.24. The molecule has 1 aliphatic heterocycles.